The van der Waals surface area contributed by atoms with Gasteiger partial charge in [-0.3, -0.25) is 0 Å². The Hall–Kier alpha value is -0.580. The summed E-state index contributed by atoms with van der Waals surface area (Å²) in [6.07, 6.45) is -0.435. The monoisotopic (exact) mass is 244 g/mol. The highest BCUT2D eigenvalue weighted by Crippen LogP contribution is 2.35. The Morgan fingerprint density at radius 1 is 1.31 bits per heavy atom. The van der Waals surface area contributed by atoms with Crippen LogP contribution in [0.2, 0.25) is 0 Å². The summed E-state index contributed by atoms with van der Waals surface area (Å²) in [5, 5.41) is 9.56. The van der Waals surface area contributed by atoms with E-state index in [4.69, 9.17) is 9.47 Å². The Balaban J connectivity index is 2.37. The molecule has 0 spiro atoms. The van der Waals surface area contributed by atoms with Gasteiger partial charge >= 0.3 is 0 Å². The first kappa shape index (κ1) is 8.99. The number of hydrogen-bond acceptors (Lipinski definition) is 3. The minimum absolute atomic E-state index is 0.196. The van der Waals surface area contributed by atoms with Crippen molar-refractivity contribution in [3.05, 3.63) is 28.2 Å². The molecular formula is C9H9BrO3. The fourth-order valence-corrected chi connectivity index (χ4v) is 1.83. The molecule has 0 aromatic heterocycles. The average Bonchev–Trinajstić information content (AvgIpc) is 2.57. The van der Waals surface area contributed by atoms with Crippen molar-refractivity contribution in [3.8, 4) is 5.75 Å². The van der Waals surface area contributed by atoms with E-state index in [1.54, 1.807) is 12.1 Å². The molecule has 1 aromatic rings. The molecule has 1 saturated heterocycles. The van der Waals surface area contributed by atoms with Gasteiger partial charge in [0.2, 0.25) is 0 Å². The van der Waals surface area contributed by atoms with Gasteiger partial charge in [0.15, 0.2) is 6.29 Å². The molecule has 0 bridgehead atoms. The van der Waals surface area contributed by atoms with E-state index in [1.807, 2.05) is 6.07 Å². The first-order chi connectivity index (χ1) is 6.29. The van der Waals surface area contributed by atoms with E-state index in [9.17, 15) is 5.11 Å². The van der Waals surface area contributed by atoms with Crippen molar-refractivity contribution >= 4 is 15.9 Å². The highest BCUT2D eigenvalue weighted by molar-refractivity contribution is 9.10. The number of aromatic hydroxyl groups is 1. The first-order valence-electron chi connectivity index (χ1n) is 3.99. The van der Waals surface area contributed by atoms with Gasteiger partial charge < -0.3 is 14.6 Å². The second-order valence-corrected chi connectivity index (χ2v) is 3.60. The van der Waals surface area contributed by atoms with Gasteiger partial charge in [-0.05, 0) is 12.1 Å². The predicted octanol–water partition coefficient (Wildman–Crippen LogP) is 2.20. The maximum Gasteiger partial charge on any atom is 0.188 e. The molecule has 4 heteroatoms. The molecule has 0 unspecified atom stereocenters. The highest BCUT2D eigenvalue weighted by Gasteiger charge is 2.23. The summed E-state index contributed by atoms with van der Waals surface area (Å²) >= 11 is 3.34. The zero-order chi connectivity index (χ0) is 9.26. The second-order valence-electron chi connectivity index (χ2n) is 2.75. The normalized spacial score (nSPS) is 17.9. The maximum absolute atomic E-state index is 9.56. The molecule has 1 N–H and O–H groups in total. The molecule has 0 radical (unpaired) electrons. The number of hydrogen-bond donors (Lipinski definition) is 1. The van der Waals surface area contributed by atoms with Crippen LogP contribution in [-0.2, 0) is 9.47 Å². The Morgan fingerprint density at radius 2 is 2.00 bits per heavy atom. The van der Waals surface area contributed by atoms with Crippen molar-refractivity contribution in [1.82, 2.24) is 0 Å². The fourth-order valence-electron chi connectivity index (χ4n) is 1.28. The number of phenolic OH excluding ortho intramolecular Hbond substituents is 1. The summed E-state index contributed by atoms with van der Waals surface area (Å²) in [6, 6.07) is 5.23. The third-order valence-electron chi connectivity index (χ3n) is 1.89. The quantitative estimate of drug-likeness (QED) is 0.824. The summed E-state index contributed by atoms with van der Waals surface area (Å²) in [4.78, 5) is 0. The molecule has 1 aromatic carbocycles. The molecule has 0 saturated carbocycles. The third kappa shape index (κ3) is 1.70. The van der Waals surface area contributed by atoms with Crippen LogP contribution in [0, 0.1) is 0 Å². The minimum Gasteiger partial charge on any atom is -0.507 e. The van der Waals surface area contributed by atoms with E-state index in [0.29, 0.717) is 18.8 Å². The van der Waals surface area contributed by atoms with Gasteiger partial charge in [0.1, 0.15) is 5.75 Å². The topological polar surface area (TPSA) is 38.7 Å². The van der Waals surface area contributed by atoms with Crippen LogP contribution in [0.5, 0.6) is 5.75 Å². The lowest BCUT2D eigenvalue weighted by Gasteiger charge is -2.12. The van der Waals surface area contributed by atoms with Crippen molar-refractivity contribution < 1.29 is 14.6 Å². The minimum atomic E-state index is -0.435. The molecule has 2 rings (SSSR count). The molecule has 3 nitrogen and oxygen atoms in total. The summed E-state index contributed by atoms with van der Waals surface area (Å²) in [6.45, 7) is 1.15. The molecule has 0 aliphatic carbocycles. The number of benzene rings is 1. The lowest BCUT2D eigenvalue weighted by Crippen LogP contribution is -1.99. The Kier molecular flexibility index (Phi) is 2.53. The third-order valence-corrected chi connectivity index (χ3v) is 2.58. The van der Waals surface area contributed by atoms with E-state index in [1.165, 1.54) is 0 Å². The van der Waals surface area contributed by atoms with Crippen LogP contribution in [0.4, 0.5) is 0 Å². The van der Waals surface area contributed by atoms with Gasteiger partial charge in [-0.25, -0.2) is 0 Å². The second kappa shape index (κ2) is 3.65. The first-order valence-corrected chi connectivity index (χ1v) is 4.79. The van der Waals surface area contributed by atoms with Crippen LogP contribution in [0.1, 0.15) is 11.9 Å². The van der Waals surface area contributed by atoms with E-state index >= 15 is 0 Å². The molecule has 13 heavy (non-hydrogen) atoms. The van der Waals surface area contributed by atoms with Crippen LogP contribution in [0.3, 0.4) is 0 Å². The van der Waals surface area contributed by atoms with Crippen LogP contribution in [0.25, 0.3) is 0 Å². The number of ether oxygens (including phenoxy) is 2. The Morgan fingerprint density at radius 3 is 2.62 bits per heavy atom. The maximum atomic E-state index is 9.56. The number of phenols is 1. The van der Waals surface area contributed by atoms with Gasteiger partial charge in [-0.15, -0.1) is 0 Å². The standard InChI is InChI=1S/C9H9BrO3/c10-6-2-1-3-7(11)8(6)9-12-4-5-13-9/h1-3,9,11H,4-5H2. The SMILES string of the molecule is Oc1cccc(Br)c1C1OCCO1. The fraction of sp³-hybridized carbons (Fsp3) is 0.333. The number of rotatable bonds is 1. The van der Waals surface area contributed by atoms with Crippen molar-refractivity contribution in [1.29, 1.82) is 0 Å². The molecular weight excluding hydrogens is 236 g/mol. The molecule has 0 atom stereocenters. The summed E-state index contributed by atoms with van der Waals surface area (Å²) in [7, 11) is 0. The Bertz CT molecular complexity index is 287. The van der Waals surface area contributed by atoms with Gasteiger partial charge in [-0.1, -0.05) is 22.0 Å². The molecule has 1 aliphatic rings. The largest absolute Gasteiger partial charge is 0.507 e. The van der Waals surface area contributed by atoms with Gasteiger partial charge in [0, 0.05) is 4.47 Å². The van der Waals surface area contributed by atoms with Crippen molar-refractivity contribution in [2.24, 2.45) is 0 Å². The van der Waals surface area contributed by atoms with Crippen LogP contribution >= 0.6 is 15.9 Å². The van der Waals surface area contributed by atoms with E-state index in [2.05, 4.69) is 15.9 Å². The molecule has 1 aliphatic heterocycles. The van der Waals surface area contributed by atoms with E-state index < -0.39 is 6.29 Å². The zero-order valence-corrected chi connectivity index (χ0v) is 8.45. The molecule has 70 valence electrons. The van der Waals surface area contributed by atoms with Crippen LogP contribution < -0.4 is 0 Å². The summed E-state index contributed by atoms with van der Waals surface area (Å²) in [5.41, 5.74) is 0.667. The zero-order valence-electron chi connectivity index (χ0n) is 6.87. The van der Waals surface area contributed by atoms with Gasteiger partial charge in [0.05, 0.1) is 18.8 Å². The summed E-state index contributed by atoms with van der Waals surface area (Å²) in [5.74, 6) is 0.196. The van der Waals surface area contributed by atoms with Crippen LogP contribution in [-0.4, -0.2) is 18.3 Å². The smallest absolute Gasteiger partial charge is 0.188 e. The molecule has 0 amide bonds. The van der Waals surface area contributed by atoms with E-state index in [-0.39, 0.29) is 5.75 Å². The van der Waals surface area contributed by atoms with Gasteiger partial charge in [-0.2, -0.15) is 0 Å². The Labute approximate surface area is 84.4 Å². The van der Waals surface area contributed by atoms with Crippen LogP contribution in [0.15, 0.2) is 22.7 Å². The van der Waals surface area contributed by atoms with E-state index in [0.717, 1.165) is 4.47 Å². The predicted molar refractivity (Wildman–Crippen MR) is 50.5 cm³/mol. The highest BCUT2D eigenvalue weighted by atomic mass is 79.9. The molecule has 1 fully saturated rings. The van der Waals surface area contributed by atoms with Crippen molar-refractivity contribution in [2.45, 2.75) is 6.29 Å². The lowest BCUT2D eigenvalue weighted by molar-refractivity contribution is -0.0460. The van der Waals surface area contributed by atoms with Gasteiger partial charge in [0.25, 0.3) is 0 Å². The lowest BCUT2D eigenvalue weighted by atomic mass is 10.2. The number of halogens is 1. The van der Waals surface area contributed by atoms with Crippen molar-refractivity contribution in [2.75, 3.05) is 13.2 Å². The average molecular weight is 245 g/mol. The summed E-state index contributed by atoms with van der Waals surface area (Å²) < 4.78 is 11.4. The van der Waals surface area contributed by atoms with Crippen molar-refractivity contribution in [3.63, 3.8) is 0 Å². The molecule has 1 heterocycles.